The minimum absolute atomic E-state index is 0.0105. The molecule has 0 aliphatic rings. The number of methoxy groups -OCH3 is 1. The molecule has 0 spiro atoms. The highest BCUT2D eigenvalue weighted by molar-refractivity contribution is 5.79. The molecule has 9 nitrogen and oxygen atoms in total. The minimum atomic E-state index is -0.791. The van der Waals surface area contributed by atoms with Crippen molar-refractivity contribution >= 4 is 17.1 Å². The molecule has 0 bridgehead atoms. The van der Waals surface area contributed by atoms with Gasteiger partial charge in [0.1, 0.15) is 11.8 Å². The molecule has 0 amide bonds. The van der Waals surface area contributed by atoms with Crippen molar-refractivity contribution in [2.45, 2.75) is 26.4 Å². The van der Waals surface area contributed by atoms with Crippen LogP contribution in [0.4, 0.5) is 0 Å². The third-order valence-electron chi connectivity index (χ3n) is 4.52. The van der Waals surface area contributed by atoms with Crippen molar-refractivity contribution in [1.82, 2.24) is 18.7 Å². The average Bonchev–Trinajstić information content (AvgIpc) is 3.15. The molecule has 0 N–H and O–H groups in total. The van der Waals surface area contributed by atoms with Crippen LogP contribution in [0.5, 0.6) is 5.75 Å². The van der Waals surface area contributed by atoms with E-state index in [-0.39, 0.29) is 24.3 Å². The molecule has 29 heavy (non-hydrogen) atoms. The monoisotopic (exact) mass is 398 g/mol. The van der Waals surface area contributed by atoms with E-state index in [0.29, 0.717) is 11.4 Å². The Balaban J connectivity index is 2.37. The van der Waals surface area contributed by atoms with Gasteiger partial charge in [-0.1, -0.05) is 12.1 Å². The molecule has 0 aliphatic carbocycles. The molecule has 0 fully saturated rings. The summed E-state index contributed by atoms with van der Waals surface area (Å²) >= 11 is 0. The van der Waals surface area contributed by atoms with Crippen LogP contribution in [-0.4, -0.2) is 38.4 Å². The first-order valence-corrected chi connectivity index (χ1v) is 9.08. The van der Waals surface area contributed by atoms with E-state index in [1.807, 2.05) is 0 Å². The molecule has 2 heterocycles. The Morgan fingerprint density at radius 2 is 2.10 bits per heavy atom. The number of hydrogen-bond acceptors (Lipinski definition) is 6. The second-order valence-corrected chi connectivity index (χ2v) is 6.28. The third kappa shape index (κ3) is 3.46. The number of carbonyl (C=O) groups is 1. The Morgan fingerprint density at radius 3 is 2.76 bits per heavy atom. The van der Waals surface area contributed by atoms with Crippen LogP contribution in [0.2, 0.25) is 0 Å². The normalized spacial score (nSPS) is 12.0. The van der Waals surface area contributed by atoms with Crippen LogP contribution in [0.1, 0.15) is 19.9 Å². The third-order valence-corrected chi connectivity index (χ3v) is 4.52. The van der Waals surface area contributed by atoms with Gasteiger partial charge in [0.25, 0.3) is 5.56 Å². The molecule has 0 unspecified atom stereocenters. The number of ether oxygens (including phenoxy) is 2. The molecule has 0 aliphatic heterocycles. The molecular weight excluding hydrogens is 376 g/mol. The summed E-state index contributed by atoms with van der Waals surface area (Å²) in [6.07, 6.45) is 2.82. The summed E-state index contributed by atoms with van der Waals surface area (Å²) in [6.45, 7) is 7.16. The van der Waals surface area contributed by atoms with E-state index in [1.54, 1.807) is 38.1 Å². The lowest BCUT2D eigenvalue weighted by Crippen LogP contribution is -2.40. The fourth-order valence-electron chi connectivity index (χ4n) is 3.09. The number of allylic oxidation sites excluding steroid dienone is 1. The largest absolute Gasteiger partial charge is 0.497 e. The molecule has 1 aromatic carbocycles. The van der Waals surface area contributed by atoms with E-state index in [4.69, 9.17) is 9.47 Å². The summed E-state index contributed by atoms with van der Waals surface area (Å²) in [4.78, 5) is 42.7. The molecule has 3 rings (SSSR count). The second-order valence-electron chi connectivity index (χ2n) is 6.28. The number of nitrogens with zero attached hydrogens (tertiary/aromatic N) is 4. The lowest BCUT2D eigenvalue weighted by Gasteiger charge is -2.15. The number of benzene rings is 1. The van der Waals surface area contributed by atoms with Crippen LogP contribution >= 0.6 is 0 Å². The van der Waals surface area contributed by atoms with Gasteiger partial charge in [0, 0.05) is 12.6 Å². The summed E-state index contributed by atoms with van der Waals surface area (Å²) in [5, 5.41) is 0. The van der Waals surface area contributed by atoms with Crippen LogP contribution in [0.15, 0.2) is 52.8 Å². The number of esters is 1. The van der Waals surface area contributed by atoms with Gasteiger partial charge in [-0.3, -0.25) is 9.36 Å². The Morgan fingerprint density at radius 1 is 1.34 bits per heavy atom. The maximum absolute atomic E-state index is 13.1. The Kier molecular flexibility index (Phi) is 5.67. The van der Waals surface area contributed by atoms with Crippen molar-refractivity contribution in [2.75, 3.05) is 13.7 Å². The molecule has 1 atom stereocenters. The predicted molar refractivity (Wildman–Crippen MR) is 108 cm³/mol. The van der Waals surface area contributed by atoms with E-state index in [0.717, 1.165) is 4.57 Å². The average molecular weight is 398 g/mol. The summed E-state index contributed by atoms with van der Waals surface area (Å²) in [5.74, 6) is 0.0453. The maximum Gasteiger partial charge on any atom is 0.337 e. The highest BCUT2D eigenvalue weighted by atomic mass is 16.5. The van der Waals surface area contributed by atoms with Crippen molar-refractivity contribution in [3.05, 3.63) is 64.1 Å². The van der Waals surface area contributed by atoms with Gasteiger partial charge in [-0.05, 0) is 26.0 Å². The number of imidazole rings is 1. The highest BCUT2D eigenvalue weighted by Crippen LogP contribution is 2.20. The van der Waals surface area contributed by atoms with Crippen molar-refractivity contribution in [2.24, 2.45) is 0 Å². The lowest BCUT2D eigenvalue weighted by atomic mass is 10.3. The lowest BCUT2D eigenvalue weighted by molar-refractivity contribution is -0.146. The van der Waals surface area contributed by atoms with E-state index in [9.17, 15) is 14.4 Å². The molecule has 0 radical (unpaired) electrons. The molecule has 9 heteroatoms. The standard InChI is InChI=1S/C20H22N4O5/c1-5-10-22-18(25)16-17(21-12-23(16)13(3)19(26)29-6-2)24(20(22)27)14-8-7-9-15(11-14)28-4/h5,7-9,11-13H,1,6,10H2,2-4H3/t13-/m1/s1. The first-order chi connectivity index (χ1) is 13.9. The summed E-state index contributed by atoms with van der Waals surface area (Å²) in [5.41, 5.74) is -0.381. The Labute approximate surface area is 166 Å². The minimum Gasteiger partial charge on any atom is -0.497 e. The molecule has 2 aromatic heterocycles. The van der Waals surface area contributed by atoms with E-state index >= 15 is 0 Å². The summed E-state index contributed by atoms with van der Waals surface area (Å²) < 4.78 is 14.1. The SMILES string of the molecule is C=CCn1c(=O)c2c(ncn2[C@H](C)C(=O)OCC)n(-c2cccc(OC)c2)c1=O. The molecule has 0 saturated heterocycles. The molecule has 0 saturated carbocycles. The van der Waals surface area contributed by atoms with Crippen LogP contribution in [0, 0.1) is 0 Å². The van der Waals surface area contributed by atoms with Crippen molar-refractivity contribution < 1.29 is 14.3 Å². The second kappa shape index (κ2) is 8.17. The molecule has 3 aromatic rings. The zero-order chi connectivity index (χ0) is 21.1. The number of rotatable bonds is 7. The maximum atomic E-state index is 13.1. The number of aromatic nitrogens is 4. The Hall–Kier alpha value is -3.62. The molecule has 152 valence electrons. The van der Waals surface area contributed by atoms with Crippen LogP contribution in [0.3, 0.4) is 0 Å². The van der Waals surface area contributed by atoms with Gasteiger partial charge in [0.05, 0.1) is 25.7 Å². The van der Waals surface area contributed by atoms with Gasteiger partial charge in [0.15, 0.2) is 11.2 Å². The van der Waals surface area contributed by atoms with Gasteiger partial charge in [0.2, 0.25) is 0 Å². The van der Waals surface area contributed by atoms with Gasteiger partial charge in [-0.15, -0.1) is 6.58 Å². The van der Waals surface area contributed by atoms with Crippen LogP contribution in [-0.2, 0) is 16.1 Å². The number of fused-ring (bicyclic) bond motifs is 1. The summed E-state index contributed by atoms with van der Waals surface area (Å²) in [7, 11) is 1.52. The fourth-order valence-corrected chi connectivity index (χ4v) is 3.09. The van der Waals surface area contributed by atoms with Gasteiger partial charge in [-0.2, -0.15) is 0 Å². The van der Waals surface area contributed by atoms with Gasteiger partial charge < -0.3 is 14.0 Å². The van der Waals surface area contributed by atoms with Crippen molar-refractivity contribution in [3.63, 3.8) is 0 Å². The quantitative estimate of drug-likeness (QED) is 0.444. The van der Waals surface area contributed by atoms with Crippen molar-refractivity contribution in [3.8, 4) is 11.4 Å². The predicted octanol–water partition coefficient (Wildman–Crippen LogP) is 1.67. The van der Waals surface area contributed by atoms with Crippen molar-refractivity contribution in [1.29, 1.82) is 0 Å². The van der Waals surface area contributed by atoms with E-state index < -0.39 is 23.3 Å². The van der Waals surface area contributed by atoms with Gasteiger partial charge in [-0.25, -0.2) is 19.1 Å². The zero-order valence-electron chi connectivity index (χ0n) is 16.5. The topological polar surface area (TPSA) is 97.4 Å². The summed E-state index contributed by atoms with van der Waals surface area (Å²) in [6, 6.07) is 6.05. The fraction of sp³-hybridized carbons (Fsp3) is 0.300. The zero-order valence-corrected chi connectivity index (χ0v) is 16.5. The van der Waals surface area contributed by atoms with Gasteiger partial charge >= 0.3 is 11.7 Å². The highest BCUT2D eigenvalue weighted by Gasteiger charge is 2.24. The molecular formula is C20H22N4O5. The Bertz CT molecular complexity index is 1190. The number of hydrogen-bond donors (Lipinski definition) is 0. The first-order valence-electron chi connectivity index (χ1n) is 9.08. The smallest absolute Gasteiger partial charge is 0.337 e. The van der Waals surface area contributed by atoms with E-state index in [1.165, 1.54) is 28.6 Å². The van der Waals surface area contributed by atoms with E-state index in [2.05, 4.69) is 11.6 Å². The first kappa shape index (κ1) is 20.1. The number of carbonyl (C=O) groups excluding carboxylic acids is 1. The van der Waals surface area contributed by atoms with Crippen LogP contribution < -0.4 is 16.0 Å². The van der Waals surface area contributed by atoms with Crippen LogP contribution in [0.25, 0.3) is 16.9 Å².